The molecule has 0 saturated heterocycles. The van der Waals surface area contributed by atoms with Gasteiger partial charge >= 0.3 is 0 Å². The third kappa shape index (κ3) is 9.61. The number of nitrogens with one attached hydrogen (secondary N) is 1. The van der Waals surface area contributed by atoms with Gasteiger partial charge in [-0.2, -0.15) is 0 Å². The molecule has 104 valence electrons. The molecule has 0 fully saturated rings. The molecule has 1 atom stereocenters. The monoisotopic (exact) mass is 242 g/mol. The van der Waals surface area contributed by atoms with Gasteiger partial charge in [0.05, 0.1) is 0 Å². The molecule has 0 aliphatic heterocycles. The van der Waals surface area contributed by atoms with E-state index < -0.39 is 0 Å². The van der Waals surface area contributed by atoms with Gasteiger partial charge in [-0.25, -0.2) is 0 Å². The maximum Gasteiger partial charge on any atom is 0.00643 e. The first kappa shape index (κ1) is 16.9. The number of rotatable bonds is 12. The number of hydrogen-bond donors (Lipinski definition) is 1. The lowest BCUT2D eigenvalue weighted by Gasteiger charge is -2.28. The number of nitrogens with zero attached hydrogens (tertiary/aromatic N) is 1. The highest BCUT2D eigenvalue weighted by atomic mass is 15.1. The SMILES string of the molecule is CCCCN(CCCCNCCC)C(C)CC. The molecule has 17 heavy (non-hydrogen) atoms. The van der Waals surface area contributed by atoms with Crippen molar-refractivity contribution in [3.05, 3.63) is 0 Å². The predicted molar refractivity (Wildman–Crippen MR) is 78.6 cm³/mol. The zero-order valence-corrected chi connectivity index (χ0v) is 12.6. The standard InChI is InChI=1S/C15H34N2/c1-5-8-13-17(15(4)7-3)14-10-9-12-16-11-6-2/h15-16H,5-14H2,1-4H3. The van der Waals surface area contributed by atoms with Gasteiger partial charge in [0.25, 0.3) is 0 Å². The molecule has 0 rings (SSSR count). The third-order valence-electron chi connectivity index (χ3n) is 3.49. The quantitative estimate of drug-likeness (QED) is 0.525. The molecule has 1 unspecified atom stereocenters. The van der Waals surface area contributed by atoms with Gasteiger partial charge in [-0.15, -0.1) is 0 Å². The summed E-state index contributed by atoms with van der Waals surface area (Å²) >= 11 is 0. The summed E-state index contributed by atoms with van der Waals surface area (Å²) < 4.78 is 0. The minimum absolute atomic E-state index is 0.755. The van der Waals surface area contributed by atoms with Crippen molar-refractivity contribution in [2.24, 2.45) is 0 Å². The molecule has 0 aliphatic rings. The Morgan fingerprint density at radius 2 is 1.59 bits per heavy atom. The van der Waals surface area contributed by atoms with Crippen LogP contribution in [0.2, 0.25) is 0 Å². The highest BCUT2D eigenvalue weighted by Crippen LogP contribution is 2.07. The first-order valence-electron chi connectivity index (χ1n) is 7.70. The highest BCUT2D eigenvalue weighted by Gasteiger charge is 2.10. The number of hydrogen-bond acceptors (Lipinski definition) is 2. The Hall–Kier alpha value is -0.0800. The van der Waals surface area contributed by atoms with E-state index in [-0.39, 0.29) is 0 Å². The topological polar surface area (TPSA) is 15.3 Å². The van der Waals surface area contributed by atoms with E-state index in [9.17, 15) is 0 Å². The van der Waals surface area contributed by atoms with Gasteiger partial charge in [0, 0.05) is 6.04 Å². The lowest BCUT2D eigenvalue weighted by Crippen LogP contribution is -2.34. The van der Waals surface area contributed by atoms with Gasteiger partial charge in [0.1, 0.15) is 0 Å². The normalized spacial score (nSPS) is 13.2. The van der Waals surface area contributed by atoms with Crippen molar-refractivity contribution in [2.45, 2.75) is 72.3 Å². The van der Waals surface area contributed by atoms with E-state index in [1.54, 1.807) is 0 Å². The van der Waals surface area contributed by atoms with Crippen molar-refractivity contribution >= 4 is 0 Å². The molecule has 0 saturated carbocycles. The van der Waals surface area contributed by atoms with Crippen LogP contribution >= 0.6 is 0 Å². The average molecular weight is 242 g/mol. The van der Waals surface area contributed by atoms with Crippen LogP contribution in [0, 0.1) is 0 Å². The molecular formula is C15H34N2. The molecule has 0 aromatic heterocycles. The molecule has 0 aromatic carbocycles. The summed E-state index contributed by atoms with van der Waals surface area (Å²) in [6.45, 7) is 14.1. The van der Waals surface area contributed by atoms with Gasteiger partial charge in [-0.05, 0) is 65.2 Å². The van der Waals surface area contributed by atoms with Crippen LogP contribution in [0.15, 0.2) is 0 Å². The molecule has 0 amide bonds. The van der Waals surface area contributed by atoms with Gasteiger partial charge in [0.15, 0.2) is 0 Å². The molecule has 0 bridgehead atoms. The minimum Gasteiger partial charge on any atom is -0.317 e. The summed E-state index contributed by atoms with van der Waals surface area (Å²) in [6.07, 6.45) is 7.83. The Morgan fingerprint density at radius 1 is 0.882 bits per heavy atom. The van der Waals surface area contributed by atoms with Crippen molar-refractivity contribution in [1.29, 1.82) is 0 Å². The first-order chi connectivity index (χ1) is 8.26. The average Bonchev–Trinajstić information content (AvgIpc) is 2.36. The summed E-state index contributed by atoms with van der Waals surface area (Å²) in [5, 5.41) is 3.48. The van der Waals surface area contributed by atoms with Crippen LogP contribution < -0.4 is 5.32 Å². The predicted octanol–water partition coefficient (Wildman–Crippen LogP) is 3.67. The minimum atomic E-state index is 0.755. The van der Waals surface area contributed by atoms with E-state index in [1.807, 2.05) is 0 Å². The fraction of sp³-hybridized carbons (Fsp3) is 1.00. The van der Waals surface area contributed by atoms with Crippen molar-refractivity contribution in [3.63, 3.8) is 0 Å². The van der Waals surface area contributed by atoms with Crippen LogP contribution in [0.4, 0.5) is 0 Å². The molecule has 0 spiro atoms. The van der Waals surface area contributed by atoms with Crippen molar-refractivity contribution in [2.75, 3.05) is 26.2 Å². The molecular weight excluding hydrogens is 208 g/mol. The van der Waals surface area contributed by atoms with E-state index in [4.69, 9.17) is 0 Å². The zero-order valence-electron chi connectivity index (χ0n) is 12.6. The Bertz CT molecular complexity index is 148. The molecule has 2 heteroatoms. The zero-order chi connectivity index (χ0) is 12.9. The lowest BCUT2D eigenvalue weighted by molar-refractivity contribution is 0.197. The Kier molecular flexibility index (Phi) is 12.3. The highest BCUT2D eigenvalue weighted by molar-refractivity contribution is 4.66. The summed E-state index contributed by atoms with van der Waals surface area (Å²) in [5.41, 5.74) is 0. The van der Waals surface area contributed by atoms with Gasteiger partial charge in [-0.3, -0.25) is 0 Å². The van der Waals surface area contributed by atoms with E-state index in [2.05, 4.69) is 37.9 Å². The summed E-state index contributed by atoms with van der Waals surface area (Å²) in [5.74, 6) is 0. The molecule has 0 aromatic rings. The second kappa shape index (κ2) is 12.4. The molecule has 2 nitrogen and oxygen atoms in total. The first-order valence-corrected chi connectivity index (χ1v) is 7.70. The second-order valence-electron chi connectivity index (χ2n) is 5.10. The second-order valence-corrected chi connectivity index (χ2v) is 5.10. The summed E-state index contributed by atoms with van der Waals surface area (Å²) in [4.78, 5) is 2.67. The molecule has 1 N–H and O–H groups in total. The van der Waals surface area contributed by atoms with Gasteiger partial charge in [-0.1, -0.05) is 27.2 Å². The van der Waals surface area contributed by atoms with Crippen LogP contribution in [0.3, 0.4) is 0 Å². The van der Waals surface area contributed by atoms with Crippen molar-refractivity contribution < 1.29 is 0 Å². The van der Waals surface area contributed by atoms with Crippen molar-refractivity contribution in [3.8, 4) is 0 Å². The fourth-order valence-electron chi connectivity index (χ4n) is 2.04. The van der Waals surface area contributed by atoms with Crippen molar-refractivity contribution in [1.82, 2.24) is 10.2 Å². The summed E-state index contributed by atoms with van der Waals surface area (Å²) in [6, 6.07) is 0.755. The van der Waals surface area contributed by atoms with E-state index >= 15 is 0 Å². The van der Waals surface area contributed by atoms with E-state index in [1.165, 1.54) is 64.7 Å². The molecule has 0 aliphatic carbocycles. The smallest absolute Gasteiger partial charge is 0.00643 e. The van der Waals surface area contributed by atoms with Gasteiger partial charge in [0.2, 0.25) is 0 Å². The van der Waals surface area contributed by atoms with E-state index in [0.717, 1.165) is 6.04 Å². The third-order valence-corrected chi connectivity index (χ3v) is 3.49. The number of unbranched alkanes of at least 4 members (excludes halogenated alkanes) is 2. The Morgan fingerprint density at radius 3 is 2.18 bits per heavy atom. The van der Waals surface area contributed by atoms with Crippen LogP contribution in [0.25, 0.3) is 0 Å². The Labute approximate surface area is 109 Å². The molecule has 0 radical (unpaired) electrons. The fourth-order valence-corrected chi connectivity index (χ4v) is 2.04. The van der Waals surface area contributed by atoms with Crippen LogP contribution in [0.5, 0.6) is 0 Å². The maximum atomic E-state index is 3.48. The van der Waals surface area contributed by atoms with E-state index in [0.29, 0.717) is 0 Å². The summed E-state index contributed by atoms with van der Waals surface area (Å²) in [7, 11) is 0. The van der Waals surface area contributed by atoms with Crippen LogP contribution in [0.1, 0.15) is 66.2 Å². The maximum absolute atomic E-state index is 3.48. The lowest BCUT2D eigenvalue weighted by atomic mass is 10.1. The Balaban J connectivity index is 3.60. The van der Waals surface area contributed by atoms with Crippen LogP contribution in [-0.4, -0.2) is 37.1 Å². The van der Waals surface area contributed by atoms with Crippen LogP contribution in [-0.2, 0) is 0 Å². The molecule has 0 heterocycles. The largest absolute Gasteiger partial charge is 0.317 e. The van der Waals surface area contributed by atoms with Gasteiger partial charge < -0.3 is 10.2 Å².